The van der Waals surface area contributed by atoms with Gasteiger partial charge in [0.05, 0.1) is 14.1 Å². The number of nitrogens with zero attached hydrogens (tertiary/aromatic N) is 2. The second-order valence-corrected chi connectivity index (χ2v) is 5.16. The molecule has 2 aromatic carbocycles. The Morgan fingerprint density at radius 1 is 0.947 bits per heavy atom. The third kappa shape index (κ3) is 3.93. The summed E-state index contributed by atoms with van der Waals surface area (Å²) in [5, 5.41) is 10.1. The van der Waals surface area contributed by atoms with E-state index in [2.05, 4.69) is 17.6 Å². The van der Waals surface area contributed by atoms with E-state index in [1.54, 1.807) is 0 Å². The monoisotopic (exact) mass is 253 g/mol. The van der Waals surface area contributed by atoms with E-state index in [1.165, 1.54) is 5.56 Å². The summed E-state index contributed by atoms with van der Waals surface area (Å²) in [6.07, 6.45) is 0. The lowest BCUT2D eigenvalue weighted by Crippen LogP contribution is -2.53. The van der Waals surface area contributed by atoms with E-state index in [1.807, 2.05) is 62.6 Å². The van der Waals surface area contributed by atoms with Crippen LogP contribution in [0, 0.1) is 0 Å². The molecule has 98 valence electrons. The summed E-state index contributed by atoms with van der Waals surface area (Å²) in [6, 6.07) is 19.7. The number of nitrogens with one attached hydrogen (secondary N) is 1. The summed E-state index contributed by atoms with van der Waals surface area (Å²) in [5.41, 5.74) is 5.15. The first-order valence-electron chi connectivity index (χ1n) is 6.33. The van der Waals surface area contributed by atoms with Gasteiger partial charge in [0.25, 0.3) is 0 Å². The molecule has 0 saturated carbocycles. The van der Waals surface area contributed by atoms with Crippen molar-refractivity contribution in [3.05, 3.63) is 77.2 Å². The van der Waals surface area contributed by atoms with Crippen molar-refractivity contribution >= 4 is 5.84 Å². The Balaban J connectivity index is 2.03. The molecule has 0 spiro atoms. The van der Waals surface area contributed by atoms with E-state index in [0.717, 1.165) is 12.1 Å². The van der Waals surface area contributed by atoms with Crippen LogP contribution in [0.5, 0.6) is 0 Å². The van der Waals surface area contributed by atoms with E-state index >= 15 is 0 Å². The average Bonchev–Trinajstić information content (AvgIpc) is 2.39. The van der Waals surface area contributed by atoms with Crippen LogP contribution in [0.15, 0.2) is 60.7 Å². The molecular formula is C16H19N3. The first kappa shape index (κ1) is 13.3. The molecule has 0 amide bonds. The van der Waals surface area contributed by atoms with Crippen molar-refractivity contribution < 1.29 is 4.59 Å². The molecule has 0 bridgehead atoms. The molecule has 0 aliphatic heterocycles. The third-order valence-corrected chi connectivity index (χ3v) is 2.88. The zero-order valence-electron chi connectivity index (χ0n) is 11.4. The Kier molecular flexibility index (Phi) is 3.97. The van der Waals surface area contributed by atoms with Gasteiger partial charge in [-0.05, 0) is 11.4 Å². The highest BCUT2D eigenvalue weighted by molar-refractivity contribution is 6.00. The fraction of sp³-hybridized carbons (Fsp3) is 0.188. The molecule has 2 rings (SSSR count). The van der Waals surface area contributed by atoms with Gasteiger partial charge in [0.15, 0.2) is 0 Å². The lowest BCUT2D eigenvalue weighted by Gasteiger charge is -2.37. The number of quaternary nitrogens is 1. The molecule has 0 aliphatic rings. The molecule has 0 unspecified atom stereocenters. The Hall–Kier alpha value is -2.13. The molecule has 0 saturated heterocycles. The summed E-state index contributed by atoms with van der Waals surface area (Å²) < 4.78 is 0.477. The second kappa shape index (κ2) is 5.67. The maximum atomic E-state index is 10.1. The van der Waals surface area contributed by atoms with Gasteiger partial charge in [-0.3, -0.25) is 4.59 Å². The van der Waals surface area contributed by atoms with Gasteiger partial charge in [-0.1, -0.05) is 60.7 Å². The van der Waals surface area contributed by atoms with Crippen LogP contribution >= 0.6 is 0 Å². The van der Waals surface area contributed by atoms with Crippen molar-refractivity contribution in [2.45, 2.75) is 6.54 Å². The van der Waals surface area contributed by atoms with Gasteiger partial charge in [0.1, 0.15) is 6.54 Å². The van der Waals surface area contributed by atoms with E-state index < -0.39 is 0 Å². The van der Waals surface area contributed by atoms with E-state index in [4.69, 9.17) is 0 Å². The molecule has 3 nitrogen and oxygen atoms in total. The van der Waals surface area contributed by atoms with Crippen LogP contribution in [0.4, 0.5) is 0 Å². The van der Waals surface area contributed by atoms with Crippen LogP contribution in [0.25, 0.3) is 5.41 Å². The molecule has 0 heterocycles. The van der Waals surface area contributed by atoms with Crippen molar-refractivity contribution in [2.75, 3.05) is 14.1 Å². The summed E-state index contributed by atoms with van der Waals surface area (Å²) in [4.78, 5) is 0. The van der Waals surface area contributed by atoms with Gasteiger partial charge in [0, 0.05) is 5.56 Å². The van der Waals surface area contributed by atoms with Gasteiger partial charge in [0.2, 0.25) is 0 Å². The summed E-state index contributed by atoms with van der Waals surface area (Å²) in [5.74, 6) is 0.196. The molecule has 3 heteroatoms. The maximum Gasteiger partial charge on any atom is 0.113 e. The zero-order chi connectivity index (χ0) is 13.7. The van der Waals surface area contributed by atoms with Gasteiger partial charge in [-0.15, -0.1) is 0 Å². The minimum atomic E-state index is 0.196. The molecule has 2 aromatic rings. The SMILES string of the molecule is C[N+](C)(Cc1ccccc1)NC(=[N-])c1ccccc1. The maximum absolute atomic E-state index is 10.1. The lowest BCUT2D eigenvalue weighted by atomic mass is 10.2. The van der Waals surface area contributed by atoms with Crippen LogP contribution < -0.4 is 5.43 Å². The Morgan fingerprint density at radius 2 is 1.47 bits per heavy atom. The smallest absolute Gasteiger partial charge is 0.113 e. The Bertz CT molecular complexity index is 532. The highest BCUT2D eigenvalue weighted by Crippen LogP contribution is 2.07. The Morgan fingerprint density at radius 3 is 2.05 bits per heavy atom. The van der Waals surface area contributed by atoms with Crippen LogP contribution in [0.3, 0.4) is 0 Å². The van der Waals surface area contributed by atoms with E-state index in [9.17, 15) is 5.41 Å². The van der Waals surface area contributed by atoms with Crippen molar-refractivity contribution in [1.29, 1.82) is 0 Å². The molecule has 0 aromatic heterocycles. The molecule has 0 fully saturated rings. The molecule has 0 radical (unpaired) electrons. The molecule has 0 aliphatic carbocycles. The van der Waals surface area contributed by atoms with Crippen molar-refractivity contribution in [3.8, 4) is 0 Å². The predicted molar refractivity (Wildman–Crippen MR) is 79.3 cm³/mol. The zero-order valence-corrected chi connectivity index (χ0v) is 11.4. The van der Waals surface area contributed by atoms with E-state index in [0.29, 0.717) is 4.59 Å². The minimum Gasteiger partial charge on any atom is -0.461 e. The fourth-order valence-corrected chi connectivity index (χ4v) is 2.03. The molecule has 19 heavy (non-hydrogen) atoms. The largest absolute Gasteiger partial charge is 0.461 e. The number of rotatable bonds is 4. The first-order valence-corrected chi connectivity index (χ1v) is 6.33. The molecule has 0 atom stereocenters. The van der Waals surface area contributed by atoms with Crippen LogP contribution in [-0.4, -0.2) is 24.5 Å². The van der Waals surface area contributed by atoms with Gasteiger partial charge < -0.3 is 10.8 Å². The van der Waals surface area contributed by atoms with E-state index in [-0.39, 0.29) is 5.84 Å². The lowest BCUT2D eigenvalue weighted by molar-refractivity contribution is -0.936. The van der Waals surface area contributed by atoms with Crippen LogP contribution in [0.1, 0.15) is 11.1 Å². The standard InChI is InChI=1S/C16H19N3/c1-19(2,13-14-9-5-3-6-10-14)18-16(17)15-11-7-4-8-12-15/h3-12H,13H2,1-2H3,(H-,17,18). The van der Waals surface area contributed by atoms with Crippen molar-refractivity contribution in [1.82, 2.24) is 5.43 Å². The van der Waals surface area contributed by atoms with Crippen LogP contribution in [0.2, 0.25) is 0 Å². The van der Waals surface area contributed by atoms with Crippen molar-refractivity contribution in [2.24, 2.45) is 0 Å². The van der Waals surface area contributed by atoms with Gasteiger partial charge >= 0.3 is 0 Å². The Labute approximate surface area is 114 Å². The average molecular weight is 253 g/mol. The number of hydrogen-bond acceptors (Lipinski definition) is 0. The predicted octanol–water partition coefficient (Wildman–Crippen LogP) is 2.78. The van der Waals surface area contributed by atoms with Crippen LogP contribution in [-0.2, 0) is 6.54 Å². The quantitative estimate of drug-likeness (QED) is 0.386. The fourth-order valence-electron chi connectivity index (χ4n) is 2.03. The third-order valence-electron chi connectivity index (χ3n) is 2.88. The number of amidine groups is 1. The molecular weight excluding hydrogens is 234 g/mol. The normalized spacial score (nSPS) is 11.1. The molecule has 1 N–H and O–H groups in total. The van der Waals surface area contributed by atoms with Crippen molar-refractivity contribution in [3.63, 3.8) is 0 Å². The van der Waals surface area contributed by atoms with Gasteiger partial charge in [-0.25, -0.2) is 0 Å². The summed E-state index contributed by atoms with van der Waals surface area (Å²) in [7, 11) is 4.04. The second-order valence-electron chi connectivity index (χ2n) is 5.16. The minimum absolute atomic E-state index is 0.196. The summed E-state index contributed by atoms with van der Waals surface area (Å²) >= 11 is 0. The summed E-state index contributed by atoms with van der Waals surface area (Å²) in [6.45, 7) is 0.789. The van der Waals surface area contributed by atoms with Gasteiger partial charge in [-0.2, -0.15) is 0 Å². The first-order chi connectivity index (χ1) is 9.07. The number of hydrogen-bond donors (Lipinski definition) is 1. The highest BCUT2D eigenvalue weighted by atomic mass is 15.6. The highest BCUT2D eigenvalue weighted by Gasteiger charge is 2.12. The topological polar surface area (TPSA) is 34.3 Å². The number of benzene rings is 2.